The van der Waals surface area contributed by atoms with Crippen LogP contribution in [0.3, 0.4) is 0 Å². The van der Waals surface area contributed by atoms with E-state index in [1.54, 1.807) is 13.8 Å². The maximum Gasteiger partial charge on any atom is 0.306 e. The van der Waals surface area contributed by atoms with E-state index < -0.39 is 47.6 Å². The fraction of sp³-hybridized carbons (Fsp3) is 0.733. The molecule has 0 spiro atoms. The Bertz CT molecular complexity index is 496. The minimum absolute atomic E-state index is 0.00276. The lowest BCUT2D eigenvalue weighted by atomic mass is 9.83. The lowest BCUT2D eigenvalue weighted by molar-refractivity contribution is -0.182. The Morgan fingerprint density at radius 1 is 1.13 bits per heavy atom. The molecule has 8 heteroatoms. The van der Waals surface area contributed by atoms with Crippen LogP contribution in [0.1, 0.15) is 41.0 Å². The van der Waals surface area contributed by atoms with Crippen molar-refractivity contribution in [3.8, 4) is 0 Å². The van der Waals surface area contributed by atoms with Crippen molar-refractivity contribution in [2.24, 2.45) is 5.92 Å². The Morgan fingerprint density at radius 3 is 2.09 bits per heavy atom. The van der Waals surface area contributed by atoms with Crippen molar-refractivity contribution >= 4 is 23.9 Å². The largest absolute Gasteiger partial charge is 0.462 e. The highest BCUT2D eigenvalue weighted by Crippen LogP contribution is 2.38. The van der Waals surface area contributed by atoms with Crippen molar-refractivity contribution in [3.05, 3.63) is 0 Å². The number of ether oxygens (including phenoxy) is 4. The molecule has 0 aromatic carbocycles. The van der Waals surface area contributed by atoms with Gasteiger partial charge in [-0.3, -0.25) is 19.2 Å². The van der Waals surface area contributed by atoms with Crippen LogP contribution in [0.2, 0.25) is 0 Å². The van der Waals surface area contributed by atoms with Gasteiger partial charge in [-0.05, 0) is 13.8 Å². The van der Waals surface area contributed by atoms with Gasteiger partial charge in [-0.25, -0.2) is 0 Å². The summed E-state index contributed by atoms with van der Waals surface area (Å²) < 4.78 is 20.5. The summed E-state index contributed by atoms with van der Waals surface area (Å²) in [5.41, 5.74) is -0.911. The summed E-state index contributed by atoms with van der Waals surface area (Å²) in [7, 11) is 0. The quantitative estimate of drug-likeness (QED) is 0.519. The van der Waals surface area contributed by atoms with Crippen LogP contribution in [0.25, 0.3) is 0 Å². The third kappa shape index (κ3) is 5.54. The summed E-state index contributed by atoms with van der Waals surface area (Å²) in [6, 6.07) is 0. The van der Waals surface area contributed by atoms with Crippen LogP contribution in [0.15, 0.2) is 0 Å². The van der Waals surface area contributed by atoms with Crippen LogP contribution in [0.4, 0.5) is 0 Å². The summed E-state index contributed by atoms with van der Waals surface area (Å²) in [5, 5.41) is 0. The van der Waals surface area contributed by atoms with E-state index in [1.807, 2.05) is 0 Å². The van der Waals surface area contributed by atoms with Gasteiger partial charge in [0.15, 0.2) is 6.10 Å². The molecule has 1 rings (SSSR count). The first-order valence-corrected chi connectivity index (χ1v) is 7.22. The summed E-state index contributed by atoms with van der Waals surface area (Å²) in [6.45, 7) is 6.66. The van der Waals surface area contributed by atoms with Gasteiger partial charge in [0.1, 0.15) is 18.3 Å². The van der Waals surface area contributed by atoms with E-state index in [-0.39, 0.29) is 13.0 Å². The summed E-state index contributed by atoms with van der Waals surface area (Å²) in [6.07, 6.45) is -2.00. The highest BCUT2D eigenvalue weighted by Gasteiger charge is 2.51. The normalized spacial score (nSPS) is 21.8. The molecule has 0 aromatic heterocycles. The molecule has 3 atom stereocenters. The Kier molecular flexibility index (Phi) is 6.12. The second-order valence-corrected chi connectivity index (χ2v) is 5.91. The summed E-state index contributed by atoms with van der Waals surface area (Å²) >= 11 is 0. The maximum absolute atomic E-state index is 11.6. The molecule has 0 aromatic rings. The van der Waals surface area contributed by atoms with Crippen molar-refractivity contribution < 1.29 is 38.1 Å². The second kappa shape index (κ2) is 7.43. The average molecular weight is 330 g/mol. The molecule has 0 unspecified atom stereocenters. The molecule has 0 saturated carbocycles. The van der Waals surface area contributed by atoms with Crippen LogP contribution in [0, 0.1) is 5.92 Å². The topological polar surface area (TPSA) is 105 Å². The van der Waals surface area contributed by atoms with Crippen LogP contribution in [0.5, 0.6) is 0 Å². The van der Waals surface area contributed by atoms with Gasteiger partial charge in [0.2, 0.25) is 0 Å². The Balaban J connectivity index is 3.07. The second-order valence-electron chi connectivity index (χ2n) is 5.91. The van der Waals surface area contributed by atoms with Gasteiger partial charge >= 0.3 is 23.9 Å². The van der Waals surface area contributed by atoms with Gasteiger partial charge in [-0.15, -0.1) is 0 Å². The molecule has 1 heterocycles. The Morgan fingerprint density at radius 2 is 1.70 bits per heavy atom. The summed E-state index contributed by atoms with van der Waals surface area (Å²) in [5.74, 6) is -2.78. The number of carbonyl (C=O) groups excluding carboxylic acids is 4. The lowest BCUT2D eigenvalue weighted by Gasteiger charge is -2.35. The van der Waals surface area contributed by atoms with E-state index in [1.165, 1.54) is 20.8 Å². The zero-order chi connectivity index (χ0) is 17.8. The van der Waals surface area contributed by atoms with E-state index in [2.05, 4.69) is 0 Å². The van der Waals surface area contributed by atoms with Gasteiger partial charge < -0.3 is 18.9 Å². The highest BCUT2D eigenvalue weighted by molar-refractivity contribution is 5.73. The molecule has 0 N–H and O–H groups in total. The fourth-order valence-corrected chi connectivity index (χ4v) is 2.57. The molecule has 8 nitrogen and oxygen atoms in total. The van der Waals surface area contributed by atoms with Crippen molar-refractivity contribution in [3.63, 3.8) is 0 Å². The molecular formula is C15H22O8. The maximum atomic E-state index is 11.6. The van der Waals surface area contributed by atoms with E-state index in [0.29, 0.717) is 0 Å². The minimum atomic E-state index is -1.03. The Hall–Kier alpha value is -2.12. The first-order chi connectivity index (χ1) is 10.5. The molecule has 0 radical (unpaired) electrons. The molecule has 1 aliphatic rings. The van der Waals surface area contributed by atoms with Crippen molar-refractivity contribution in [2.45, 2.75) is 58.8 Å². The lowest BCUT2D eigenvalue weighted by Crippen LogP contribution is -2.48. The molecular weight excluding hydrogens is 308 g/mol. The zero-order valence-electron chi connectivity index (χ0n) is 13.9. The van der Waals surface area contributed by atoms with Crippen LogP contribution in [-0.4, -0.2) is 48.3 Å². The Labute approximate surface area is 134 Å². The SMILES string of the molecule is CC(=O)OC[C@H](OC(C)=O)[C@@H](OC(C)=O)[C@H]1CC(=O)OC1(C)C. The van der Waals surface area contributed by atoms with E-state index >= 15 is 0 Å². The molecule has 0 amide bonds. The molecule has 1 aliphatic heterocycles. The molecule has 1 fully saturated rings. The third-order valence-electron chi connectivity index (χ3n) is 3.49. The van der Waals surface area contributed by atoms with E-state index in [4.69, 9.17) is 18.9 Å². The smallest absolute Gasteiger partial charge is 0.306 e. The predicted molar refractivity (Wildman–Crippen MR) is 76.0 cm³/mol. The predicted octanol–water partition coefficient (Wildman–Crippen LogP) is 0.755. The molecule has 130 valence electrons. The monoisotopic (exact) mass is 330 g/mol. The number of hydrogen-bond donors (Lipinski definition) is 0. The van der Waals surface area contributed by atoms with Gasteiger partial charge in [-0.1, -0.05) is 0 Å². The number of cyclic esters (lactones) is 1. The van der Waals surface area contributed by atoms with E-state index in [0.717, 1.165) is 0 Å². The average Bonchev–Trinajstić information content (AvgIpc) is 2.64. The fourth-order valence-electron chi connectivity index (χ4n) is 2.57. The van der Waals surface area contributed by atoms with Crippen molar-refractivity contribution in [1.82, 2.24) is 0 Å². The van der Waals surface area contributed by atoms with Gasteiger partial charge in [0.05, 0.1) is 6.42 Å². The number of hydrogen-bond acceptors (Lipinski definition) is 8. The summed E-state index contributed by atoms with van der Waals surface area (Å²) in [4.78, 5) is 45.4. The molecule has 23 heavy (non-hydrogen) atoms. The standard InChI is InChI=1S/C15H22O8/c1-8(16)20-7-12(21-9(2)17)14(22-10(3)18)11-6-13(19)23-15(11,4)5/h11-12,14H,6-7H2,1-5H3/t11-,12+,14+/m1/s1. The van der Waals surface area contributed by atoms with Crippen molar-refractivity contribution in [2.75, 3.05) is 6.61 Å². The van der Waals surface area contributed by atoms with Crippen LogP contribution >= 0.6 is 0 Å². The van der Waals surface area contributed by atoms with Gasteiger partial charge in [0, 0.05) is 26.7 Å². The molecule has 0 bridgehead atoms. The highest BCUT2D eigenvalue weighted by atomic mass is 16.6. The number of carbonyl (C=O) groups is 4. The minimum Gasteiger partial charge on any atom is -0.462 e. The third-order valence-corrected chi connectivity index (χ3v) is 3.49. The number of esters is 4. The zero-order valence-corrected chi connectivity index (χ0v) is 13.9. The van der Waals surface area contributed by atoms with Gasteiger partial charge in [-0.2, -0.15) is 0 Å². The molecule has 1 saturated heterocycles. The number of rotatable bonds is 6. The van der Waals surface area contributed by atoms with Gasteiger partial charge in [0.25, 0.3) is 0 Å². The van der Waals surface area contributed by atoms with Crippen LogP contribution in [-0.2, 0) is 38.1 Å². The van der Waals surface area contributed by atoms with Crippen molar-refractivity contribution in [1.29, 1.82) is 0 Å². The molecule has 0 aliphatic carbocycles. The van der Waals surface area contributed by atoms with Crippen LogP contribution < -0.4 is 0 Å². The van der Waals surface area contributed by atoms with E-state index in [9.17, 15) is 19.2 Å². The first kappa shape index (κ1) is 18.9. The first-order valence-electron chi connectivity index (χ1n) is 7.22.